The molecular weight excluding hydrogens is 276 g/mol. The van der Waals surface area contributed by atoms with Crippen molar-refractivity contribution >= 4 is 0 Å². The van der Waals surface area contributed by atoms with Crippen molar-refractivity contribution < 1.29 is 4.74 Å². The first-order valence-electron chi connectivity index (χ1n) is 7.59. The van der Waals surface area contributed by atoms with Crippen LogP contribution in [0.3, 0.4) is 0 Å². The minimum atomic E-state index is 0.303. The zero-order chi connectivity index (χ0) is 15.2. The van der Waals surface area contributed by atoms with Gasteiger partial charge in [0.1, 0.15) is 5.75 Å². The summed E-state index contributed by atoms with van der Waals surface area (Å²) in [7, 11) is 1.69. The Hall–Kier alpha value is -1.95. The number of hydrogen-bond acceptors (Lipinski definition) is 5. The number of pyridine rings is 1. The molecule has 116 valence electrons. The van der Waals surface area contributed by atoms with E-state index in [2.05, 4.69) is 39.4 Å². The first-order chi connectivity index (χ1) is 10.9. The zero-order valence-electron chi connectivity index (χ0n) is 12.8. The predicted octanol–water partition coefficient (Wildman–Crippen LogP) is 1.65. The number of aromatic nitrogens is 1. The van der Waals surface area contributed by atoms with Gasteiger partial charge in [-0.1, -0.05) is 18.2 Å². The fourth-order valence-electron chi connectivity index (χ4n) is 2.79. The predicted molar refractivity (Wildman–Crippen MR) is 86.3 cm³/mol. The van der Waals surface area contributed by atoms with Crippen molar-refractivity contribution in [3.8, 4) is 5.75 Å². The second-order valence-corrected chi connectivity index (χ2v) is 5.53. The van der Waals surface area contributed by atoms with Crippen molar-refractivity contribution in [1.82, 2.24) is 21.2 Å². The average molecular weight is 298 g/mol. The molecule has 2 aromatic rings. The number of methoxy groups -OCH3 is 1. The number of hydrazine groups is 1. The molecule has 1 aliphatic rings. The van der Waals surface area contributed by atoms with Gasteiger partial charge in [-0.25, -0.2) is 5.43 Å². The summed E-state index contributed by atoms with van der Waals surface area (Å²) in [5.74, 6) is 1.40. The van der Waals surface area contributed by atoms with Gasteiger partial charge in [0.15, 0.2) is 0 Å². The summed E-state index contributed by atoms with van der Waals surface area (Å²) in [6.07, 6.45) is 3.74. The van der Waals surface area contributed by atoms with Gasteiger partial charge in [-0.15, -0.1) is 0 Å². The molecule has 1 aromatic heterocycles. The Bertz CT molecular complexity index is 573. The molecule has 5 heteroatoms. The Morgan fingerprint density at radius 2 is 2.14 bits per heavy atom. The van der Waals surface area contributed by atoms with Crippen molar-refractivity contribution in [2.24, 2.45) is 5.92 Å². The first kappa shape index (κ1) is 15.0. The van der Waals surface area contributed by atoms with E-state index >= 15 is 0 Å². The van der Waals surface area contributed by atoms with E-state index in [1.807, 2.05) is 30.6 Å². The summed E-state index contributed by atoms with van der Waals surface area (Å²) < 4.78 is 5.18. The van der Waals surface area contributed by atoms with Gasteiger partial charge in [0.25, 0.3) is 0 Å². The highest BCUT2D eigenvalue weighted by Crippen LogP contribution is 2.23. The van der Waals surface area contributed by atoms with Crippen molar-refractivity contribution in [3.05, 3.63) is 59.9 Å². The molecule has 5 nitrogen and oxygen atoms in total. The van der Waals surface area contributed by atoms with Crippen molar-refractivity contribution in [2.75, 3.05) is 20.2 Å². The normalized spacial score (nSPS) is 21.0. The Kier molecular flexibility index (Phi) is 5.00. The van der Waals surface area contributed by atoms with Crippen LogP contribution in [0.2, 0.25) is 0 Å². The van der Waals surface area contributed by atoms with Gasteiger partial charge >= 0.3 is 0 Å². The molecule has 2 atom stereocenters. The number of nitrogens with zero attached hydrogens (tertiary/aromatic N) is 1. The van der Waals surface area contributed by atoms with Crippen LogP contribution in [0, 0.1) is 5.92 Å². The summed E-state index contributed by atoms with van der Waals surface area (Å²) in [4.78, 5) is 4.21. The standard InChI is InChI=1S/C17H22N4O/c1-22-16-6-4-13(5-7-16)9-19-11-15-12-20-21-17(15)14-3-2-8-18-10-14/h2-8,10,15,17,19-21H,9,11-12H2,1H3. The van der Waals surface area contributed by atoms with E-state index in [1.54, 1.807) is 7.11 Å². The lowest BCUT2D eigenvalue weighted by Gasteiger charge is -2.19. The molecule has 1 aliphatic heterocycles. The summed E-state index contributed by atoms with van der Waals surface area (Å²) in [6.45, 7) is 2.76. The van der Waals surface area contributed by atoms with E-state index in [9.17, 15) is 0 Å². The van der Waals surface area contributed by atoms with Gasteiger partial charge in [0, 0.05) is 37.9 Å². The molecule has 0 bridgehead atoms. The molecule has 22 heavy (non-hydrogen) atoms. The van der Waals surface area contributed by atoms with Crippen molar-refractivity contribution in [1.29, 1.82) is 0 Å². The zero-order valence-corrected chi connectivity index (χ0v) is 12.8. The molecule has 3 N–H and O–H groups in total. The van der Waals surface area contributed by atoms with E-state index in [4.69, 9.17) is 4.74 Å². The highest BCUT2D eigenvalue weighted by atomic mass is 16.5. The molecule has 0 saturated carbocycles. The van der Waals surface area contributed by atoms with Gasteiger partial charge in [-0.2, -0.15) is 0 Å². The number of ether oxygens (including phenoxy) is 1. The van der Waals surface area contributed by atoms with Crippen LogP contribution in [-0.2, 0) is 6.54 Å². The Labute approximate surface area is 131 Å². The third kappa shape index (κ3) is 3.62. The van der Waals surface area contributed by atoms with Crippen LogP contribution in [-0.4, -0.2) is 25.2 Å². The van der Waals surface area contributed by atoms with E-state index in [0.29, 0.717) is 12.0 Å². The molecule has 2 unspecified atom stereocenters. The summed E-state index contributed by atoms with van der Waals surface area (Å²) >= 11 is 0. The van der Waals surface area contributed by atoms with E-state index < -0.39 is 0 Å². The first-order valence-corrected chi connectivity index (χ1v) is 7.59. The summed E-state index contributed by atoms with van der Waals surface area (Å²) in [5, 5.41) is 3.54. The second kappa shape index (κ2) is 7.35. The maximum Gasteiger partial charge on any atom is 0.118 e. The quantitative estimate of drug-likeness (QED) is 0.757. The molecule has 1 saturated heterocycles. The van der Waals surface area contributed by atoms with E-state index in [0.717, 1.165) is 25.4 Å². The molecule has 0 aliphatic carbocycles. The summed E-state index contributed by atoms with van der Waals surface area (Å²) in [5.41, 5.74) is 9.08. The minimum Gasteiger partial charge on any atom is -0.497 e. The molecule has 1 fully saturated rings. The molecule has 2 heterocycles. The van der Waals surface area contributed by atoms with Crippen LogP contribution < -0.4 is 20.9 Å². The SMILES string of the molecule is COc1ccc(CNCC2CNNC2c2cccnc2)cc1. The smallest absolute Gasteiger partial charge is 0.118 e. The third-order valence-corrected chi connectivity index (χ3v) is 4.03. The van der Waals surface area contributed by atoms with Crippen LogP contribution in [0.5, 0.6) is 5.75 Å². The summed E-state index contributed by atoms with van der Waals surface area (Å²) in [6, 6.07) is 12.6. The van der Waals surface area contributed by atoms with Crippen LogP contribution in [0.1, 0.15) is 17.2 Å². The van der Waals surface area contributed by atoms with Crippen molar-refractivity contribution in [2.45, 2.75) is 12.6 Å². The highest BCUT2D eigenvalue weighted by Gasteiger charge is 2.27. The lowest BCUT2D eigenvalue weighted by Crippen LogP contribution is -2.28. The molecule has 1 aromatic carbocycles. The fourth-order valence-corrected chi connectivity index (χ4v) is 2.79. The third-order valence-electron chi connectivity index (χ3n) is 4.03. The fraction of sp³-hybridized carbons (Fsp3) is 0.353. The number of nitrogens with one attached hydrogen (secondary N) is 3. The Morgan fingerprint density at radius 3 is 2.86 bits per heavy atom. The number of hydrogen-bond donors (Lipinski definition) is 3. The number of benzene rings is 1. The highest BCUT2D eigenvalue weighted by molar-refractivity contribution is 5.27. The lowest BCUT2D eigenvalue weighted by molar-refractivity contribution is 0.414. The van der Waals surface area contributed by atoms with E-state index in [-0.39, 0.29) is 0 Å². The van der Waals surface area contributed by atoms with Gasteiger partial charge in [0.2, 0.25) is 0 Å². The largest absolute Gasteiger partial charge is 0.497 e. The Morgan fingerprint density at radius 1 is 1.27 bits per heavy atom. The number of rotatable bonds is 6. The van der Waals surface area contributed by atoms with E-state index in [1.165, 1.54) is 11.1 Å². The minimum absolute atomic E-state index is 0.303. The molecule has 3 rings (SSSR count). The van der Waals surface area contributed by atoms with Gasteiger partial charge in [0.05, 0.1) is 13.2 Å². The monoisotopic (exact) mass is 298 g/mol. The van der Waals surface area contributed by atoms with Crippen LogP contribution in [0.15, 0.2) is 48.8 Å². The molecular formula is C17H22N4O. The van der Waals surface area contributed by atoms with Crippen LogP contribution in [0.4, 0.5) is 0 Å². The topological polar surface area (TPSA) is 58.2 Å². The van der Waals surface area contributed by atoms with Gasteiger partial charge in [-0.05, 0) is 29.3 Å². The van der Waals surface area contributed by atoms with Gasteiger partial charge in [-0.3, -0.25) is 10.4 Å². The second-order valence-electron chi connectivity index (χ2n) is 5.53. The average Bonchev–Trinajstić information content (AvgIpc) is 3.05. The van der Waals surface area contributed by atoms with Crippen molar-refractivity contribution in [3.63, 3.8) is 0 Å². The molecule has 0 radical (unpaired) electrons. The molecule has 0 spiro atoms. The van der Waals surface area contributed by atoms with Gasteiger partial charge < -0.3 is 10.1 Å². The lowest BCUT2D eigenvalue weighted by atomic mass is 9.96. The maximum atomic E-state index is 5.18. The maximum absolute atomic E-state index is 5.18. The molecule has 0 amide bonds. The van der Waals surface area contributed by atoms with Crippen LogP contribution in [0.25, 0.3) is 0 Å². The van der Waals surface area contributed by atoms with Crippen LogP contribution >= 0.6 is 0 Å². The Balaban J connectivity index is 1.52.